The summed E-state index contributed by atoms with van der Waals surface area (Å²) < 4.78 is 2.87. The van der Waals surface area contributed by atoms with Gasteiger partial charge < -0.3 is 9.90 Å². The zero-order valence-corrected chi connectivity index (χ0v) is 12.6. The molecule has 1 amide bonds. The van der Waals surface area contributed by atoms with Crippen LogP contribution in [-0.2, 0) is 27.1 Å². The van der Waals surface area contributed by atoms with Gasteiger partial charge >= 0.3 is 0 Å². The minimum Gasteiger partial charge on any atom is -0.545 e. The molecule has 1 N–H and O–H groups in total. The Hall–Kier alpha value is -1.49. The summed E-state index contributed by atoms with van der Waals surface area (Å²) >= 11 is -0.572. The predicted molar refractivity (Wildman–Crippen MR) is 78.0 cm³/mol. The molecule has 1 heterocycles. The lowest BCUT2D eigenvalue weighted by Gasteiger charge is -2.12. The van der Waals surface area contributed by atoms with E-state index in [9.17, 15) is 14.7 Å². The number of hydrogen-bond acceptors (Lipinski definition) is 3. The van der Waals surface area contributed by atoms with Crippen molar-refractivity contribution in [2.24, 2.45) is 0 Å². The molecule has 1 aromatic rings. The number of carbonyl (C=O) groups excluding carboxylic acids is 2. The largest absolute Gasteiger partial charge is 0.545 e. The number of aryl methyl sites for hydroxylation is 2. The van der Waals surface area contributed by atoms with Gasteiger partial charge in [-0.1, -0.05) is 23.8 Å². The Bertz CT molecular complexity index is 530. The van der Waals surface area contributed by atoms with Gasteiger partial charge in [0.05, 0.1) is 12.4 Å². The Balaban J connectivity index is 1.97. The molecule has 4 nitrogen and oxygen atoms in total. The fourth-order valence-electron chi connectivity index (χ4n) is 2.46. The van der Waals surface area contributed by atoms with Gasteiger partial charge in [0, 0.05) is 6.42 Å². The summed E-state index contributed by atoms with van der Waals surface area (Å²) in [6.07, 6.45) is 1.75. The van der Waals surface area contributed by atoms with Gasteiger partial charge in [-0.3, -0.25) is 4.79 Å². The van der Waals surface area contributed by atoms with Crippen LogP contribution in [0.4, 0.5) is 0 Å². The normalized spacial score (nSPS) is 21.7. The molecule has 2 unspecified atom stereocenters. The highest BCUT2D eigenvalue weighted by Crippen LogP contribution is 2.20. The number of carbonyl (C=O) groups is 2. The first kappa shape index (κ1) is 14.9. The minimum absolute atomic E-state index is 0.103. The molecule has 0 spiro atoms. The summed E-state index contributed by atoms with van der Waals surface area (Å²) in [5.74, 6) is -0.400. The third kappa shape index (κ3) is 3.54. The molecular weight excluding hydrogens is 274 g/mol. The van der Waals surface area contributed by atoms with E-state index in [-0.39, 0.29) is 5.91 Å². The fourth-order valence-corrected chi connectivity index (χ4v) is 4.52. The molecular formula is C15H19NO3S. The van der Waals surface area contributed by atoms with Crippen molar-refractivity contribution in [1.29, 1.82) is 0 Å². The molecule has 20 heavy (non-hydrogen) atoms. The molecule has 1 aromatic carbocycles. The second-order valence-electron chi connectivity index (χ2n) is 5.21. The maximum Gasteiger partial charge on any atom is 0.265 e. The van der Waals surface area contributed by atoms with Gasteiger partial charge in [-0.2, -0.15) is 4.72 Å². The minimum atomic E-state index is -1.04. The number of benzene rings is 1. The first-order valence-electron chi connectivity index (χ1n) is 6.73. The van der Waals surface area contributed by atoms with E-state index in [1.54, 1.807) is 0 Å². The number of rotatable bonds is 4. The zero-order chi connectivity index (χ0) is 14.7. The van der Waals surface area contributed by atoms with Gasteiger partial charge in [0.25, 0.3) is 5.91 Å². The molecule has 0 radical (unpaired) electrons. The molecule has 2 atom stereocenters. The van der Waals surface area contributed by atoms with E-state index in [2.05, 4.69) is 4.72 Å². The summed E-state index contributed by atoms with van der Waals surface area (Å²) in [7, 11) is 0. The van der Waals surface area contributed by atoms with Crippen LogP contribution in [-0.4, -0.2) is 22.9 Å². The van der Waals surface area contributed by atoms with E-state index in [4.69, 9.17) is 0 Å². The summed E-state index contributed by atoms with van der Waals surface area (Å²) in [4.78, 5) is 23.0. The lowest BCUT2D eigenvalue weighted by Crippen LogP contribution is -2.46. The van der Waals surface area contributed by atoms with Crippen LogP contribution in [0.5, 0.6) is 0 Å². The van der Waals surface area contributed by atoms with Crippen LogP contribution >= 0.6 is 0 Å². The Morgan fingerprint density at radius 2 is 2.15 bits per heavy atom. The molecule has 0 saturated carbocycles. The van der Waals surface area contributed by atoms with E-state index in [1.807, 2.05) is 32.0 Å². The highest BCUT2D eigenvalue weighted by Gasteiger charge is 2.39. The van der Waals surface area contributed by atoms with Crippen LogP contribution in [0.3, 0.4) is 0 Å². The topological polar surface area (TPSA) is 69.2 Å². The molecule has 5 heteroatoms. The van der Waals surface area contributed by atoms with Gasteiger partial charge in [-0.05, 0) is 31.4 Å². The molecule has 0 aliphatic carbocycles. The van der Waals surface area contributed by atoms with E-state index >= 15 is 0 Å². The van der Waals surface area contributed by atoms with Crippen LogP contribution in [0.25, 0.3) is 0 Å². The monoisotopic (exact) mass is 293 g/mol. The molecule has 1 saturated heterocycles. The van der Waals surface area contributed by atoms with Crippen LogP contribution < -0.4 is 9.83 Å². The van der Waals surface area contributed by atoms with Gasteiger partial charge in [0.2, 0.25) is 0 Å². The second-order valence-corrected chi connectivity index (χ2v) is 7.25. The van der Waals surface area contributed by atoms with Crippen molar-refractivity contribution in [3.63, 3.8) is 0 Å². The maximum absolute atomic E-state index is 12.1. The predicted octanol–water partition coefficient (Wildman–Crippen LogP) is 0.408. The van der Waals surface area contributed by atoms with Gasteiger partial charge in [-0.25, -0.2) is 0 Å². The lowest BCUT2D eigenvalue weighted by molar-refractivity contribution is -0.304. The number of amides is 1. The second kappa shape index (κ2) is 6.31. The van der Waals surface area contributed by atoms with Gasteiger partial charge in [-0.15, -0.1) is 0 Å². The van der Waals surface area contributed by atoms with Crippen LogP contribution in [0.1, 0.15) is 29.5 Å². The van der Waals surface area contributed by atoms with Crippen molar-refractivity contribution in [2.75, 3.05) is 5.75 Å². The molecule has 1 aliphatic heterocycles. The van der Waals surface area contributed by atoms with E-state index in [0.717, 1.165) is 23.3 Å². The number of nitrogens with one attached hydrogen (secondary N) is 1. The molecule has 0 bridgehead atoms. The molecule has 1 fully saturated rings. The van der Waals surface area contributed by atoms with Gasteiger partial charge in [0.15, 0.2) is 5.25 Å². The number of carboxylic acids is 1. The first-order chi connectivity index (χ1) is 9.47. The third-order valence-electron chi connectivity index (χ3n) is 3.53. The smallest absolute Gasteiger partial charge is 0.265 e. The molecule has 0 aromatic heterocycles. The Labute approximate surface area is 122 Å². The van der Waals surface area contributed by atoms with Crippen LogP contribution in [0.15, 0.2) is 18.2 Å². The first-order valence-corrected chi connectivity index (χ1v) is 8.19. The van der Waals surface area contributed by atoms with Gasteiger partial charge in [0.1, 0.15) is 16.8 Å². The van der Waals surface area contributed by atoms with E-state index < -0.39 is 22.3 Å². The van der Waals surface area contributed by atoms with Crippen molar-refractivity contribution in [2.45, 2.75) is 38.4 Å². The molecule has 1 aliphatic rings. The molecule has 108 valence electrons. The van der Waals surface area contributed by atoms with Crippen molar-refractivity contribution in [3.8, 4) is 0 Å². The lowest BCUT2D eigenvalue weighted by atomic mass is 10.0. The average Bonchev–Trinajstić information content (AvgIpc) is 2.81. The van der Waals surface area contributed by atoms with Crippen molar-refractivity contribution >= 4 is 23.0 Å². The maximum atomic E-state index is 12.1. The Morgan fingerprint density at radius 1 is 1.40 bits per heavy atom. The van der Waals surface area contributed by atoms with E-state index in [1.165, 1.54) is 5.56 Å². The van der Waals surface area contributed by atoms with Crippen molar-refractivity contribution < 1.29 is 14.7 Å². The average molecular weight is 293 g/mol. The fraction of sp³-hybridized carbons (Fsp3) is 0.467. The summed E-state index contributed by atoms with van der Waals surface area (Å²) in [5, 5.41) is 10.5. The van der Waals surface area contributed by atoms with E-state index in [0.29, 0.717) is 12.8 Å². The summed E-state index contributed by atoms with van der Waals surface area (Å²) in [6, 6.07) is 5.99. The van der Waals surface area contributed by atoms with Crippen molar-refractivity contribution in [3.05, 3.63) is 34.9 Å². The van der Waals surface area contributed by atoms with Crippen LogP contribution in [0.2, 0.25) is 0 Å². The summed E-state index contributed by atoms with van der Waals surface area (Å²) in [6.45, 7) is 4.00. The van der Waals surface area contributed by atoms with Crippen molar-refractivity contribution in [1.82, 2.24) is 4.72 Å². The number of aliphatic carboxylic acids is 1. The third-order valence-corrected chi connectivity index (χ3v) is 5.86. The highest BCUT2D eigenvalue weighted by molar-refractivity contribution is 7.97. The summed E-state index contributed by atoms with van der Waals surface area (Å²) in [5.41, 5.74) is 3.24. The quantitative estimate of drug-likeness (QED) is 0.817. The number of hydrogen-bond donors (Lipinski definition) is 1. The zero-order valence-electron chi connectivity index (χ0n) is 11.8. The highest BCUT2D eigenvalue weighted by atomic mass is 32.2. The molecule has 2 rings (SSSR count). The van der Waals surface area contributed by atoms with Crippen LogP contribution in [0, 0.1) is 13.8 Å². The number of carboxylic acid groups (broad SMARTS) is 1. The SMILES string of the molecule is Cc1ccc(CC(=O)N[S+]2CCCC2C(=O)[O-])c(C)c1. The standard InChI is InChI=1S/C15H19NO3S/c1-10-5-6-12(11(2)8-10)9-14(17)16-20-7-3-4-13(20)15(18)19/h5-6,8,13H,3-4,7,9H2,1-2H3,(H-,16,17,18,19). The Kier molecular flexibility index (Phi) is 4.70. The Morgan fingerprint density at radius 3 is 2.80 bits per heavy atom.